The summed E-state index contributed by atoms with van der Waals surface area (Å²) in [6.45, 7) is 2.07. The van der Waals surface area contributed by atoms with Crippen molar-refractivity contribution in [1.82, 2.24) is 10.3 Å². The largest absolute Gasteiger partial charge is 0.382 e. The SMILES string of the molecule is O=Cc1cnc(Cl)cc1N[C@@H]1CCCNCC1. The first-order chi connectivity index (χ1) is 8.29. The van der Waals surface area contributed by atoms with Gasteiger partial charge >= 0.3 is 0 Å². The van der Waals surface area contributed by atoms with Crippen LogP contribution in [0.25, 0.3) is 0 Å². The maximum Gasteiger partial charge on any atom is 0.153 e. The second-order valence-electron chi connectivity index (χ2n) is 4.23. The topological polar surface area (TPSA) is 54.0 Å². The van der Waals surface area contributed by atoms with E-state index in [0.717, 1.165) is 44.3 Å². The van der Waals surface area contributed by atoms with Crippen LogP contribution in [0.4, 0.5) is 5.69 Å². The molecule has 17 heavy (non-hydrogen) atoms. The Kier molecular flexibility index (Phi) is 4.34. The van der Waals surface area contributed by atoms with E-state index in [-0.39, 0.29) is 0 Å². The van der Waals surface area contributed by atoms with E-state index in [1.165, 1.54) is 6.20 Å². The van der Waals surface area contributed by atoms with Crippen molar-refractivity contribution in [1.29, 1.82) is 0 Å². The van der Waals surface area contributed by atoms with Gasteiger partial charge in [0.15, 0.2) is 6.29 Å². The van der Waals surface area contributed by atoms with Gasteiger partial charge in [0, 0.05) is 17.9 Å². The van der Waals surface area contributed by atoms with Crippen molar-refractivity contribution < 1.29 is 4.79 Å². The Morgan fingerprint density at radius 2 is 2.35 bits per heavy atom. The Bertz CT molecular complexity index is 389. The summed E-state index contributed by atoms with van der Waals surface area (Å²) >= 11 is 5.84. The molecule has 1 fully saturated rings. The van der Waals surface area contributed by atoms with Gasteiger partial charge in [-0.2, -0.15) is 0 Å². The van der Waals surface area contributed by atoms with Crippen LogP contribution in [0.3, 0.4) is 0 Å². The number of nitrogens with zero attached hydrogens (tertiary/aromatic N) is 1. The molecule has 0 bridgehead atoms. The van der Waals surface area contributed by atoms with Crippen molar-refractivity contribution in [2.24, 2.45) is 0 Å². The minimum absolute atomic E-state index is 0.391. The molecule has 2 N–H and O–H groups in total. The number of anilines is 1. The van der Waals surface area contributed by atoms with Crippen LogP contribution >= 0.6 is 11.6 Å². The van der Waals surface area contributed by atoms with Crippen molar-refractivity contribution in [2.45, 2.75) is 25.3 Å². The lowest BCUT2D eigenvalue weighted by atomic mass is 10.1. The van der Waals surface area contributed by atoms with Crippen LogP contribution in [0.1, 0.15) is 29.6 Å². The molecule has 0 aliphatic carbocycles. The Morgan fingerprint density at radius 1 is 1.47 bits per heavy atom. The van der Waals surface area contributed by atoms with Gasteiger partial charge in [-0.1, -0.05) is 11.6 Å². The lowest BCUT2D eigenvalue weighted by molar-refractivity contribution is 0.112. The lowest BCUT2D eigenvalue weighted by Gasteiger charge is -2.18. The number of rotatable bonds is 3. The fourth-order valence-electron chi connectivity index (χ4n) is 2.04. The first-order valence-electron chi connectivity index (χ1n) is 5.87. The third-order valence-corrected chi connectivity index (χ3v) is 3.17. The van der Waals surface area contributed by atoms with Gasteiger partial charge in [0.1, 0.15) is 5.15 Å². The van der Waals surface area contributed by atoms with Gasteiger partial charge in [0.25, 0.3) is 0 Å². The molecule has 0 unspecified atom stereocenters. The van der Waals surface area contributed by atoms with Gasteiger partial charge < -0.3 is 10.6 Å². The minimum atomic E-state index is 0.391. The number of nitrogens with one attached hydrogen (secondary N) is 2. The predicted octanol–water partition coefficient (Wildman–Crippen LogP) is 2.10. The smallest absolute Gasteiger partial charge is 0.153 e. The third kappa shape index (κ3) is 3.41. The maximum atomic E-state index is 10.9. The number of hydrogen-bond donors (Lipinski definition) is 2. The Balaban J connectivity index is 2.10. The number of aromatic nitrogens is 1. The van der Waals surface area contributed by atoms with Gasteiger partial charge in [-0.25, -0.2) is 4.98 Å². The Morgan fingerprint density at radius 3 is 3.18 bits per heavy atom. The van der Waals surface area contributed by atoms with E-state index in [4.69, 9.17) is 11.6 Å². The molecule has 1 atom stereocenters. The van der Waals surface area contributed by atoms with Crippen molar-refractivity contribution in [3.05, 3.63) is 23.0 Å². The number of carbonyl (C=O) groups excluding carboxylic acids is 1. The van der Waals surface area contributed by atoms with Gasteiger partial charge in [0.2, 0.25) is 0 Å². The summed E-state index contributed by atoms with van der Waals surface area (Å²) < 4.78 is 0. The molecule has 1 aromatic heterocycles. The van der Waals surface area contributed by atoms with Crippen LogP contribution < -0.4 is 10.6 Å². The molecule has 2 rings (SSSR count). The molecule has 1 aliphatic heterocycles. The second-order valence-corrected chi connectivity index (χ2v) is 4.62. The van der Waals surface area contributed by atoms with Crippen LogP contribution in [-0.4, -0.2) is 30.4 Å². The van der Waals surface area contributed by atoms with Gasteiger partial charge in [0.05, 0.1) is 5.56 Å². The van der Waals surface area contributed by atoms with E-state index >= 15 is 0 Å². The van der Waals surface area contributed by atoms with E-state index in [1.54, 1.807) is 6.07 Å². The third-order valence-electron chi connectivity index (χ3n) is 2.96. The van der Waals surface area contributed by atoms with E-state index in [2.05, 4.69) is 15.6 Å². The number of aldehydes is 1. The van der Waals surface area contributed by atoms with E-state index in [9.17, 15) is 4.79 Å². The Hall–Kier alpha value is -1.13. The van der Waals surface area contributed by atoms with Crippen LogP contribution in [0.15, 0.2) is 12.3 Å². The summed E-state index contributed by atoms with van der Waals surface area (Å²) in [5, 5.41) is 7.15. The second kappa shape index (κ2) is 5.98. The highest BCUT2D eigenvalue weighted by molar-refractivity contribution is 6.29. The minimum Gasteiger partial charge on any atom is -0.382 e. The first-order valence-corrected chi connectivity index (χ1v) is 6.25. The van der Waals surface area contributed by atoms with Gasteiger partial charge in [-0.3, -0.25) is 4.79 Å². The molecule has 0 saturated carbocycles. The highest BCUT2D eigenvalue weighted by Gasteiger charge is 2.13. The number of carbonyl (C=O) groups is 1. The Labute approximate surface area is 106 Å². The normalized spacial score (nSPS) is 20.6. The van der Waals surface area contributed by atoms with Crippen LogP contribution in [0.2, 0.25) is 5.15 Å². The molecule has 2 heterocycles. The summed E-state index contributed by atoms with van der Waals surface area (Å²) in [5.41, 5.74) is 1.35. The van der Waals surface area contributed by atoms with E-state index < -0.39 is 0 Å². The molecule has 1 saturated heterocycles. The van der Waals surface area contributed by atoms with Gasteiger partial charge in [-0.05, 0) is 38.4 Å². The van der Waals surface area contributed by atoms with Crippen LogP contribution in [0.5, 0.6) is 0 Å². The molecule has 0 spiro atoms. The predicted molar refractivity (Wildman–Crippen MR) is 68.8 cm³/mol. The highest BCUT2D eigenvalue weighted by Crippen LogP contribution is 2.20. The number of halogens is 1. The fraction of sp³-hybridized carbons (Fsp3) is 0.500. The average molecular weight is 254 g/mol. The molecule has 0 aromatic carbocycles. The summed E-state index contributed by atoms with van der Waals surface area (Å²) in [5.74, 6) is 0. The summed E-state index contributed by atoms with van der Waals surface area (Å²) in [7, 11) is 0. The van der Waals surface area contributed by atoms with Crippen molar-refractivity contribution in [3.8, 4) is 0 Å². The zero-order chi connectivity index (χ0) is 12.1. The molecule has 4 nitrogen and oxygen atoms in total. The fourth-order valence-corrected chi connectivity index (χ4v) is 2.20. The monoisotopic (exact) mass is 253 g/mol. The van der Waals surface area contributed by atoms with Crippen molar-refractivity contribution in [2.75, 3.05) is 18.4 Å². The summed E-state index contributed by atoms with van der Waals surface area (Å²) in [6, 6.07) is 2.10. The summed E-state index contributed by atoms with van der Waals surface area (Å²) in [4.78, 5) is 14.8. The summed E-state index contributed by atoms with van der Waals surface area (Å²) in [6.07, 6.45) is 5.61. The highest BCUT2D eigenvalue weighted by atomic mass is 35.5. The molecular formula is C12H16ClN3O. The average Bonchev–Trinajstić information content (AvgIpc) is 2.58. The molecule has 1 aliphatic rings. The van der Waals surface area contributed by atoms with Crippen molar-refractivity contribution >= 4 is 23.6 Å². The molecular weight excluding hydrogens is 238 g/mol. The quantitative estimate of drug-likeness (QED) is 0.640. The standard InChI is InChI=1S/C12H16ClN3O/c13-12-6-11(9(8-17)7-15-12)16-10-2-1-4-14-5-3-10/h6-8,10,14H,1-5H2,(H,15,16)/t10-/m1/s1. The first kappa shape index (κ1) is 12.3. The molecule has 1 aromatic rings. The molecule has 0 amide bonds. The number of pyridine rings is 1. The lowest BCUT2D eigenvalue weighted by Crippen LogP contribution is -2.22. The van der Waals surface area contributed by atoms with E-state index in [1.807, 2.05) is 0 Å². The van der Waals surface area contributed by atoms with Crippen LogP contribution in [0, 0.1) is 0 Å². The van der Waals surface area contributed by atoms with Gasteiger partial charge in [-0.15, -0.1) is 0 Å². The van der Waals surface area contributed by atoms with Crippen molar-refractivity contribution in [3.63, 3.8) is 0 Å². The zero-order valence-corrected chi connectivity index (χ0v) is 10.3. The van der Waals surface area contributed by atoms with E-state index in [0.29, 0.717) is 16.8 Å². The molecule has 5 heteroatoms. The zero-order valence-electron chi connectivity index (χ0n) is 9.58. The van der Waals surface area contributed by atoms with Crippen LogP contribution in [-0.2, 0) is 0 Å². The maximum absolute atomic E-state index is 10.9. The number of hydrogen-bond acceptors (Lipinski definition) is 4. The molecule has 92 valence electrons. The molecule has 0 radical (unpaired) electrons.